The number of ether oxygens (including phenoxy) is 1. The number of hydrogen-bond donors (Lipinski definition) is 1. The lowest BCUT2D eigenvalue weighted by Crippen LogP contribution is -2.36. The standard InChI is InChI=1S/C20H18ClNO5/c21-13-7-5-12(6-8-13)18(23)16-17(15-4-2-10-27-15)22(20(25)19(16)24)11-14-3-1-9-26-14/h2,4-8,10,14,17,23H,1,3,9,11H2/b18-16+. The average molecular weight is 388 g/mol. The van der Waals surface area contributed by atoms with E-state index in [0.29, 0.717) is 23.0 Å². The number of aliphatic hydroxyl groups excluding tert-OH is 1. The molecule has 4 rings (SSSR count). The van der Waals surface area contributed by atoms with Crippen LogP contribution in [-0.4, -0.2) is 41.0 Å². The van der Waals surface area contributed by atoms with Crippen LogP contribution in [0.3, 0.4) is 0 Å². The van der Waals surface area contributed by atoms with E-state index in [0.717, 1.165) is 12.8 Å². The van der Waals surface area contributed by atoms with Gasteiger partial charge in [0.1, 0.15) is 17.6 Å². The molecule has 2 unspecified atom stereocenters. The lowest BCUT2D eigenvalue weighted by Gasteiger charge is -2.25. The van der Waals surface area contributed by atoms with E-state index in [9.17, 15) is 14.7 Å². The molecule has 0 spiro atoms. The number of carbonyl (C=O) groups is 2. The SMILES string of the molecule is O=C1C(=O)N(CC2CCCO2)C(c2ccco2)/C1=C(\O)c1ccc(Cl)cc1. The Bertz CT molecular complexity index is 882. The zero-order valence-corrected chi connectivity index (χ0v) is 15.2. The molecule has 2 fully saturated rings. The summed E-state index contributed by atoms with van der Waals surface area (Å²) in [4.78, 5) is 26.9. The Labute approximate surface area is 161 Å². The van der Waals surface area contributed by atoms with Crippen LogP contribution in [0.25, 0.3) is 5.76 Å². The van der Waals surface area contributed by atoms with E-state index in [1.165, 1.54) is 11.2 Å². The number of furan rings is 1. The molecule has 1 N–H and O–H groups in total. The highest BCUT2D eigenvalue weighted by molar-refractivity contribution is 6.46. The summed E-state index contributed by atoms with van der Waals surface area (Å²) < 4.78 is 11.1. The highest BCUT2D eigenvalue weighted by atomic mass is 35.5. The molecule has 27 heavy (non-hydrogen) atoms. The maximum atomic E-state index is 12.8. The molecule has 2 aliphatic rings. The quantitative estimate of drug-likeness (QED) is 0.493. The Morgan fingerprint density at radius 1 is 1.22 bits per heavy atom. The first-order valence-electron chi connectivity index (χ1n) is 8.75. The maximum Gasteiger partial charge on any atom is 0.295 e. The molecule has 2 aromatic rings. The maximum absolute atomic E-state index is 12.8. The number of benzene rings is 1. The minimum atomic E-state index is -0.792. The summed E-state index contributed by atoms with van der Waals surface area (Å²) in [7, 11) is 0. The van der Waals surface area contributed by atoms with Crippen molar-refractivity contribution in [3.05, 3.63) is 64.6 Å². The highest BCUT2D eigenvalue weighted by Gasteiger charge is 2.48. The smallest absolute Gasteiger partial charge is 0.295 e. The highest BCUT2D eigenvalue weighted by Crippen LogP contribution is 2.40. The van der Waals surface area contributed by atoms with Crippen LogP contribution in [0.4, 0.5) is 0 Å². The molecular weight excluding hydrogens is 370 g/mol. The summed E-state index contributed by atoms with van der Waals surface area (Å²) >= 11 is 5.90. The summed E-state index contributed by atoms with van der Waals surface area (Å²) in [5.74, 6) is -1.23. The summed E-state index contributed by atoms with van der Waals surface area (Å²) in [5.41, 5.74) is 0.418. The van der Waals surface area contributed by atoms with Crippen LogP contribution in [0.2, 0.25) is 5.02 Å². The predicted molar refractivity (Wildman–Crippen MR) is 98.1 cm³/mol. The molecule has 1 amide bonds. The number of amides is 1. The minimum absolute atomic E-state index is 0.00951. The second-order valence-electron chi connectivity index (χ2n) is 6.61. The van der Waals surface area contributed by atoms with Crippen molar-refractivity contribution in [1.82, 2.24) is 4.90 Å². The van der Waals surface area contributed by atoms with Crippen molar-refractivity contribution in [1.29, 1.82) is 0 Å². The number of carbonyl (C=O) groups excluding carboxylic acids is 2. The molecule has 7 heteroatoms. The van der Waals surface area contributed by atoms with E-state index in [2.05, 4.69) is 0 Å². The third kappa shape index (κ3) is 3.26. The van der Waals surface area contributed by atoms with Crippen LogP contribution in [0.1, 0.15) is 30.2 Å². The first-order valence-corrected chi connectivity index (χ1v) is 9.13. The first-order chi connectivity index (χ1) is 13.1. The van der Waals surface area contributed by atoms with Crippen LogP contribution < -0.4 is 0 Å². The van der Waals surface area contributed by atoms with E-state index in [4.69, 9.17) is 20.8 Å². The average Bonchev–Trinajstić information content (AvgIpc) is 3.40. The van der Waals surface area contributed by atoms with Crippen molar-refractivity contribution in [2.45, 2.75) is 25.0 Å². The molecule has 0 bridgehead atoms. The van der Waals surface area contributed by atoms with Crippen LogP contribution in [-0.2, 0) is 14.3 Å². The normalized spacial score (nSPS) is 24.7. The van der Waals surface area contributed by atoms with Gasteiger partial charge in [0, 0.05) is 23.7 Å². The molecular formula is C20H18ClNO5. The Kier molecular flexibility index (Phi) is 4.76. The molecule has 0 aliphatic carbocycles. The van der Waals surface area contributed by atoms with Crippen molar-refractivity contribution in [3.63, 3.8) is 0 Å². The Hall–Kier alpha value is -2.57. The van der Waals surface area contributed by atoms with Crippen LogP contribution in [0, 0.1) is 0 Å². The minimum Gasteiger partial charge on any atom is -0.507 e. The van der Waals surface area contributed by atoms with Crippen molar-refractivity contribution in [2.24, 2.45) is 0 Å². The Morgan fingerprint density at radius 3 is 2.63 bits per heavy atom. The van der Waals surface area contributed by atoms with Gasteiger partial charge in [-0.25, -0.2) is 0 Å². The number of halogens is 1. The molecule has 0 saturated carbocycles. The van der Waals surface area contributed by atoms with E-state index in [1.54, 1.807) is 36.4 Å². The van der Waals surface area contributed by atoms with E-state index < -0.39 is 17.7 Å². The van der Waals surface area contributed by atoms with Gasteiger partial charge in [0.25, 0.3) is 11.7 Å². The van der Waals surface area contributed by atoms with Crippen LogP contribution >= 0.6 is 11.6 Å². The molecule has 1 aromatic heterocycles. The Morgan fingerprint density at radius 2 is 2.00 bits per heavy atom. The van der Waals surface area contributed by atoms with Gasteiger partial charge in [-0.05, 0) is 49.2 Å². The van der Waals surface area contributed by atoms with Gasteiger partial charge in [-0.3, -0.25) is 9.59 Å². The predicted octanol–water partition coefficient (Wildman–Crippen LogP) is 3.53. The number of ketones is 1. The van der Waals surface area contributed by atoms with Gasteiger partial charge >= 0.3 is 0 Å². The molecule has 2 atom stereocenters. The van der Waals surface area contributed by atoms with E-state index in [1.807, 2.05) is 0 Å². The topological polar surface area (TPSA) is 80.0 Å². The fourth-order valence-corrected chi connectivity index (χ4v) is 3.71. The molecule has 6 nitrogen and oxygen atoms in total. The number of hydrogen-bond acceptors (Lipinski definition) is 5. The molecule has 0 radical (unpaired) electrons. The third-order valence-corrected chi connectivity index (χ3v) is 5.15. The monoisotopic (exact) mass is 387 g/mol. The lowest BCUT2D eigenvalue weighted by molar-refractivity contribution is -0.141. The van der Waals surface area contributed by atoms with Crippen molar-refractivity contribution in [3.8, 4) is 0 Å². The van der Waals surface area contributed by atoms with Gasteiger partial charge in [-0.15, -0.1) is 0 Å². The second-order valence-corrected chi connectivity index (χ2v) is 7.05. The van der Waals surface area contributed by atoms with Gasteiger partial charge in [-0.1, -0.05) is 11.6 Å². The zero-order valence-electron chi connectivity index (χ0n) is 14.4. The fraction of sp³-hybridized carbons (Fsp3) is 0.300. The van der Waals surface area contributed by atoms with E-state index >= 15 is 0 Å². The molecule has 2 saturated heterocycles. The molecule has 1 aromatic carbocycles. The van der Waals surface area contributed by atoms with Crippen LogP contribution in [0.5, 0.6) is 0 Å². The second kappa shape index (κ2) is 7.21. The summed E-state index contributed by atoms with van der Waals surface area (Å²) in [6.07, 6.45) is 3.09. The molecule has 2 aliphatic heterocycles. The van der Waals surface area contributed by atoms with Crippen LogP contribution in [0.15, 0.2) is 52.7 Å². The van der Waals surface area contributed by atoms with Gasteiger partial charge in [-0.2, -0.15) is 0 Å². The van der Waals surface area contributed by atoms with Gasteiger partial charge < -0.3 is 19.2 Å². The van der Waals surface area contributed by atoms with Crippen molar-refractivity contribution < 1.29 is 23.8 Å². The number of rotatable bonds is 4. The molecule has 140 valence electrons. The summed E-state index contributed by atoms with van der Waals surface area (Å²) in [5, 5.41) is 11.3. The summed E-state index contributed by atoms with van der Waals surface area (Å²) in [6, 6.07) is 9.01. The van der Waals surface area contributed by atoms with E-state index in [-0.39, 0.29) is 24.0 Å². The summed E-state index contributed by atoms with van der Waals surface area (Å²) in [6.45, 7) is 0.915. The van der Waals surface area contributed by atoms with Gasteiger partial charge in [0.2, 0.25) is 0 Å². The van der Waals surface area contributed by atoms with Crippen molar-refractivity contribution in [2.75, 3.05) is 13.2 Å². The zero-order chi connectivity index (χ0) is 19.0. The lowest BCUT2D eigenvalue weighted by atomic mass is 9.99. The number of Topliss-reactive ketones (excluding diaryl/α,β-unsaturated/α-hetero) is 1. The molecule has 3 heterocycles. The van der Waals surface area contributed by atoms with Crippen molar-refractivity contribution >= 4 is 29.1 Å². The number of nitrogens with zero attached hydrogens (tertiary/aromatic N) is 1. The third-order valence-electron chi connectivity index (χ3n) is 4.89. The Balaban J connectivity index is 1.78. The van der Waals surface area contributed by atoms with Gasteiger partial charge in [0.05, 0.1) is 17.9 Å². The van der Waals surface area contributed by atoms with Gasteiger partial charge in [0.15, 0.2) is 0 Å². The largest absolute Gasteiger partial charge is 0.507 e. The fourth-order valence-electron chi connectivity index (χ4n) is 3.58. The number of likely N-dealkylation sites (tertiary alicyclic amines) is 1. The first kappa shape index (κ1) is 17.8. The number of aliphatic hydroxyl groups is 1.